The van der Waals surface area contributed by atoms with E-state index in [1.54, 1.807) is 0 Å². The van der Waals surface area contributed by atoms with E-state index >= 15 is 0 Å². The summed E-state index contributed by atoms with van der Waals surface area (Å²) in [5.74, 6) is 0. The second-order valence-electron chi connectivity index (χ2n) is 12.4. The van der Waals surface area contributed by atoms with Crippen LogP contribution in [0.25, 0.3) is 0 Å². The maximum atomic E-state index is 5.93. The zero-order chi connectivity index (χ0) is 28.3. The van der Waals surface area contributed by atoms with Crippen molar-refractivity contribution in [1.82, 2.24) is 0 Å². The van der Waals surface area contributed by atoms with Gasteiger partial charge < -0.3 is 15.1 Å². The molecule has 0 radical (unpaired) electrons. The summed E-state index contributed by atoms with van der Waals surface area (Å²) in [7, 11) is 0. The SMILES string of the molecule is CC[N+](CC)(CC)CCC[N+]1=C(C=CC=C2N(CCCN)c3ccccc3C2(C)C)C(C)(C)c2ccccc21. The van der Waals surface area contributed by atoms with E-state index in [-0.39, 0.29) is 10.8 Å². The van der Waals surface area contributed by atoms with Gasteiger partial charge >= 0.3 is 0 Å². The molecule has 0 spiro atoms. The Bertz CT molecular complexity index is 1230. The molecule has 0 saturated heterocycles. The Hall–Kier alpha value is -2.69. The fraction of sp³-hybridized carbons (Fsp3) is 0.514. The van der Waals surface area contributed by atoms with Crippen molar-refractivity contribution >= 4 is 17.1 Å². The van der Waals surface area contributed by atoms with Crippen molar-refractivity contribution in [3.05, 3.63) is 83.6 Å². The minimum absolute atomic E-state index is 0.0365. The van der Waals surface area contributed by atoms with Gasteiger partial charge in [0, 0.05) is 41.1 Å². The van der Waals surface area contributed by atoms with Crippen molar-refractivity contribution < 1.29 is 9.06 Å². The quantitative estimate of drug-likeness (QED) is 0.240. The molecule has 2 aliphatic rings. The molecule has 0 aromatic heterocycles. The molecule has 2 heterocycles. The van der Waals surface area contributed by atoms with Crippen molar-refractivity contribution in [3.63, 3.8) is 0 Å². The lowest BCUT2D eigenvalue weighted by Gasteiger charge is -2.35. The van der Waals surface area contributed by atoms with E-state index in [1.165, 1.54) is 71.0 Å². The van der Waals surface area contributed by atoms with E-state index in [2.05, 4.69) is 125 Å². The van der Waals surface area contributed by atoms with Gasteiger partial charge in [0.05, 0.1) is 38.0 Å². The van der Waals surface area contributed by atoms with Crippen LogP contribution < -0.4 is 10.6 Å². The maximum absolute atomic E-state index is 5.93. The molecule has 2 aromatic carbocycles. The molecule has 0 bridgehead atoms. The highest BCUT2D eigenvalue weighted by molar-refractivity contribution is 6.03. The van der Waals surface area contributed by atoms with Crippen LogP contribution in [0.2, 0.25) is 0 Å². The van der Waals surface area contributed by atoms with E-state index in [1.807, 2.05) is 0 Å². The van der Waals surface area contributed by atoms with Crippen LogP contribution in [0.3, 0.4) is 0 Å². The number of nitrogens with two attached hydrogens (primary N) is 1. The Kier molecular flexibility index (Phi) is 8.88. The van der Waals surface area contributed by atoms with Crippen molar-refractivity contribution in [2.45, 2.75) is 72.1 Å². The molecule has 4 heteroatoms. The number of para-hydroxylation sites is 2. The third-order valence-electron chi connectivity index (χ3n) is 9.72. The smallest absolute Gasteiger partial charge is 0.209 e. The summed E-state index contributed by atoms with van der Waals surface area (Å²) in [4.78, 5) is 2.49. The largest absolute Gasteiger partial charge is 0.344 e. The number of benzene rings is 2. The molecular weight excluding hydrogens is 476 g/mol. The van der Waals surface area contributed by atoms with E-state index in [0.717, 1.165) is 19.5 Å². The molecule has 2 aliphatic heterocycles. The molecule has 0 saturated carbocycles. The van der Waals surface area contributed by atoms with Gasteiger partial charge in [0.25, 0.3) is 0 Å². The second kappa shape index (κ2) is 11.8. The molecule has 4 nitrogen and oxygen atoms in total. The molecule has 0 fully saturated rings. The van der Waals surface area contributed by atoms with Gasteiger partial charge in [-0.25, -0.2) is 0 Å². The first-order valence-corrected chi connectivity index (χ1v) is 15.2. The Morgan fingerprint density at radius 2 is 1.49 bits per heavy atom. The van der Waals surface area contributed by atoms with Gasteiger partial charge in [0.2, 0.25) is 5.69 Å². The highest BCUT2D eigenvalue weighted by Crippen LogP contribution is 2.47. The normalized spacial score (nSPS) is 18.9. The van der Waals surface area contributed by atoms with Crippen molar-refractivity contribution in [1.29, 1.82) is 0 Å². The number of hydrogen-bond donors (Lipinski definition) is 1. The number of allylic oxidation sites excluding steroid dienone is 4. The predicted octanol–water partition coefficient (Wildman–Crippen LogP) is 6.92. The third-order valence-corrected chi connectivity index (χ3v) is 9.72. The molecule has 2 aromatic rings. The second-order valence-corrected chi connectivity index (χ2v) is 12.4. The number of nitrogens with zero attached hydrogens (tertiary/aromatic N) is 3. The topological polar surface area (TPSA) is 32.3 Å². The Morgan fingerprint density at radius 1 is 0.846 bits per heavy atom. The summed E-state index contributed by atoms with van der Waals surface area (Å²) in [5, 5.41) is 0. The lowest BCUT2D eigenvalue weighted by Crippen LogP contribution is -2.48. The fourth-order valence-electron chi connectivity index (χ4n) is 6.95. The van der Waals surface area contributed by atoms with Crippen LogP contribution in [0, 0.1) is 0 Å². The molecule has 39 heavy (non-hydrogen) atoms. The zero-order valence-electron chi connectivity index (χ0n) is 25.6. The highest BCUT2D eigenvalue weighted by Gasteiger charge is 2.44. The Balaban J connectivity index is 1.69. The molecule has 210 valence electrons. The molecule has 4 rings (SSSR count). The molecule has 0 unspecified atom stereocenters. The minimum atomic E-state index is -0.0459. The van der Waals surface area contributed by atoms with Crippen LogP contribution in [0.15, 0.2) is 72.5 Å². The minimum Gasteiger partial charge on any atom is -0.344 e. The summed E-state index contributed by atoms with van der Waals surface area (Å²) >= 11 is 0. The molecular formula is C35H52N4+2. The Labute approximate surface area is 238 Å². The maximum Gasteiger partial charge on any atom is 0.209 e. The van der Waals surface area contributed by atoms with Crippen molar-refractivity contribution in [2.24, 2.45) is 5.73 Å². The first kappa shape index (κ1) is 29.3. The first-order valence-electron chi connectivity index (χ1n) is 15.2. The molecule has 2 N–H and O–H groups in total. The van der Waals surface area contributed by atoms with E-state index < -0.39 is 0 Å². The summed E-state index contributed by atoms with van der Waals surface area (Å²) in [6.07, 6.45) is 9.21. The van der Waals surface area contributed by atoms with Crippen LogP contribution in [0.1, 0.15) is 72.4 Å². The van der Waals surface area contributed by atoms with Crippen LogP contribution in [-0.4, -0.2) is 60.6 Å². The molecule has 0 amide bonds. The number of fused-ring (bicyclic) bond motifs is 2. The van der Waals surface area contributed by atoms with Crippen molar-refractivity contribution in [2.75, 3.05) is 50.7 Å². The lowest BCUT2D eigenvalue weighted by molar-refractivity contribution is -0.924. The van der Waals surface area contributed by atoms with Gasteiger partial charge in [-0.2, -0.15) is 4.58 Å². The fourth-order valence-corrected chi connectivity index (χ4v) is 6.95. The third kappa shape index (κ3) is 5.38. The summed E-state index contributed by atoms with van der Waals surface area (Å²) in [5.41, 5.74) is 14.1. The number of quaternary nitrogens is 1. The van der Waals surface area contributed by atoms with Crippen LogP contribution >= 0.6 is 0 Å². The van der Waals surface area contributed by atoms with Gasteiger partial charge in [-0.1, -0.05) is 56.3 Å². The van der Waals surface area contributed by atoms with Crippen LogP contribution in [0.5, 0.6) is 0 Å². The van der Waals surface area contributed by atoms with E-state index in [9.17, 15) is 0 Å². The first-order chi connectivity index (χ1) is 18.7. The predicted molar refractivity (Wildman–Crippen MR) is 168 cm³/mol. The van der Waals surface area contributed by atoms with E-state index in [4.69, 9.17) is 5.73 Å². The Morgan fingerprint density at radius 3 is 2.15 bits per heavy atom. The standard InChI is InChI=1S/C35H52N4/c1-8-39(9-2,10-3)27-17-26-38-31-21-14-12-19-29(31)35(6,7)33(38)23-15-22-32-34(4,5)28-18-11-13-20-30(28)37(32)25-16-24-36/h11-15,18-23H,8-10,16-17,24-27,36H2,1-7H3/q+2. The highest BCUT2D eigenvalue weighted by atomic mass is 15.3. The number of rotatable bonds is 12. The van der Waals surface area contributed by atoms with Crippen LogP contribution in [-0.2, 0) is 10.8 Å². The van der Waals surface area contributed by atoms with Crippen LogP contribution in [0.4, 0.5) is 11.4 Å². The molecule has 0 atom stereocenters. The average Bonchev–Trinajstić information content (AvgIpc) is 3.29. The lowest BCUT2D eigenvalue weighted by atomic mass is 9.81. The van der Waals surface area contributed by atoms with Gasteiger partial charge in [0.15, 0.2) is 12.3 Å². The van der Waals surface area contributed by atoms with E-state index in [0.29, 0.717) is 6.54 Å². The van der Waals surface area contributed by atoms with Gasteiger partial charge in [-0.3, -0.25) is 0 Å². The monoisotopic (exact) mass is 528 g/mol. The van der Waals surface area contributed by atoms with Crippen molar-refractivity contribution in [3.8, 4) is 0 Å². The molecule has 0 aliphatic carbocycles. The average molecular weight is 529 g/mol. The van der Waals surface area contributed by atoms with Gasteiger partial charge in [-0.05, 0) is 65.3 Å². The zero-order valence-corrected chi connectivity index (χ0v) is 25.6. The van der Waals surface area contributed by atoms with Gasteiger partial charge in [-0.15, -0.1) is 0 Å². The van der Waals surface area contributed by atoms with Gasteiger partial charge in [0.1, 0.15) is 0 Å². The summed E-state index contributed by atoms with van der Waals surface area (Å²) in [6.45, 7) is 24.0. The summed E-state index contributed by atoms with van der Waals surface area (Å²) < 4.78 is 3.80. The number of anilines is 1. The number of hydrogen-bond acceptors (Lipinski definition) is 2. The summed E-state index contributed by atoms with van der Waals surface area (Å²) in [6, 6.07) is 17.9.